The fourth-order valence-electron chi connectivity index (χ4n) is 2.71. The van der Waals surface area contributed by atoms with Crippen molar-refractivity contribution in [3.05, 3.63) is 59.7 Å². The summed E-state index contributed by atoms with van der Waals surface area (Å²) in [4.78, 5) is 10.6. The summed E-state index contributed by atoms with van der Waals surface area (Å²) in [5.74, 6) is 2.36. The number of hydrazone groups is 1. The second-order valence-corrected chi connectivity index (χ2v) is 7.04. The van der Waals surface area contributed by atoms with Gasteiger partial charge in [0.2, 0.25) is 0 Å². The molecule has 0 aliphatic carbocycles. The van der Waals surface area contributed by atoms with E-state index in [1.54, 1.807) is 0 Å². The highest BCUT2D eigenvalue weighted by Crippen LogP contribution is 2.22. The highest BCUT2D eigenvalue weighted by Gasteiger charge is 2.00. The van der Waals surface area contributed by atoms with Gasteiger partial charge in [0, 0.05) is 0 Å². The zero-order chi connectivity index (χ0) is 19.5. The van der Waals surface area contributed by atoms with Gasteiger partial charge < -0.3 is 10.5 Å². The molecule has 2 aromatic rings. The van der Waals surface area contributed by atoms with Gasteiger partial charge in [0.05, 0.1) is 6.21 Å². The Morgan fingerprint density at radius 2 is 1.67 bits per heavy atom. The SMILES string of the molecule is CC(C)CCCCCc1ccc(Oc2ccc(/C=N/NC(N)=O)cc2)cc1. The van der Waals surface area contributed by atoms with Crippen LogP contribution in [0.3, 0.4) is 0 Å². The minimum atomic E-state index is -0.690. The van der Waals surface area contributed by atoms with E-state index in [1.807, 2.05) is 36.4 Å². The summed E-state index contributed by atoms with van der Waals surface area (Å²) in [6.45, 7) is 4.56. The molecule has 2 rings (SSSR count). The Bertz CT molecular complexity index is 722. The first-order valence-corrected chi connectivity index (χ1v) is 9.48. The van der Waals surface area contributed by atoms with Crippen LogP contribution in [-0.4, -0.2) is 12.2 Å². The lowest BCUT2D eigenvalue weighted by atomic mass is 10.0. The predicted molar refractivity (Wildman–Crippen MR) is 110 cm³/mol. The van der Waals surface area contributed by atoms with Crippen LogP contribution in [0.5, 0.6) is 11.5 Å². The van der Waals surface area contributed by atoms with Gasteiger partial charge in [-0.3, -0.25) is 0 Å². The summed E-state index contributed by atoms with van der Waals surface area (Å²) in [6, 6.07) is 15.0. The van der Waals surface area contributed by atoms with Gasteiger partial charge in [0.1, 0.15) is 11.5 Å². The summed E-state index contributed by atoms with van der Waals surface area (Å²) in [6.07, 6.45) is 7.80. The van der Waals surface area contributed by atoms with Crippen LogP contribution < -0.4 is 15.9 Å². The molecule has 0 fully saturated rings. The van der Waals surface area contributed by atoms with Gasteiger partial charge in [-0.15, -0.1) is 0 Å². The van der Waals surface area contributed by atoms with Crippen LogP contribution >= 0.6 is 0 Å². The molecule has 0 aromatic heterocycles. The molecule has 0 atom stereocenters. The van der Waals surface area contributed by atoms with Crippen molar-refractivity contribution in [1.29, 1.82) is 0 Å². The number of hydrogen-bond acceptors (Lipinski definition) is 3. The number of nitrogens with zero attached hydrogens (tertiary/aromatic N) is 1. The molecule has 0 heterocycles. The number of unbranched alkanes of at least 4 members (excludes halogenated alkanes) is 2. The zero-order valence-electron chi connectivity index (χ0n) is 16.2. The lowest BCUT2D eigenvalue weighted by Crippen LogP contribution is -2.24. The Kier molecular flexibility index (Phi) is 8.36. The number of nitrogens with one attached hydrogen (secondary N) is 1. The third-order valence-corrected chi connectivity index (χ3v) is 4.17. The van der Waals surface area contributed by atoms with E-state index in [4.69, 9.17) is 10.5 Å². The van der Waals surface area contributed by atoms with Crippen molar-refractivity contribution in [2.75, 3.05) is 0 Å². The number of carbonyl (C=O) groups is 1. The normalized spacial score (nSPS) is 11.1. The fourth-order valence-corrected chi connectivity index (χ4v) is 2.71. The van der Waals surface area contributed by atoms with E-state index in [2.05, 4.69) is 36.5 Å². The Labute approximate surface area is 161 Å². The average molecular weight is 367 g/mol. The quantitative estimate of drug-likeness (QED) is 0.342. The number of nitrogens with two attached hydrogens (primary N) is 1. The molecule has 3 N–H and O–H groups in total. The summed E-state index contributed by atoms with van der Waals surface area (Å²) in [5.41, 5.74) is 9.29. The van der Waals surface area contributed by atoms with E-state index in [0.29, 0.717) is 0 Å². The number of carbonyl (C=O) groups excluding carboxylic acids is 1. The minimum Gasteiger partial charge on any atom is -0.457 e. The first kappa shape index (κ1) is 20.5. The van der Waals surface area contributed by atoms with Crippen molar-refractivity contribution < 1.29 is 9.53 Å². The Balaban J connectivity index is 1.78. The largest absolute Gasteiger partial charge is 0.457 e. The van der Waals surface area contributed by atoms with Crippen LogP contribution in [0, 0.1) is 5.92 Å². The highest BCUT2D eigenvalue weighted by molar-refractivity contribution is 5.81. The summed E-state index contributed by atoms with van der Waals surface area (Å²) >= 11 is 0. The minimum absolute atomic E-state index is 0.690. The molecule has 144 valence electrons. The lowest BCUT2D eigenvalue weighted by Gasteiger charge is -2.08. The molecular formula is C22H29N3O2. The van der Waals surface area contributed by atoms with Crippen molar-refractivity contribution in [1.82, 2.24) is 5.43 Å². The number of amides is 2. The summed E-state index contributed by atoms with van der Waals surface area (Å²) < 4.78 is 5.87. The number of benzene rings is 2. The zero-order valence-corrected chi connectivity index (χ0v) is 16.2. The standard InChI is InChI=1S/C22H29N3O2/c1-17(2)6-4-3-5-7-18-8-12-20(13-9-18)27-21-14-10-19(11-15-21)16-24-25-22(23)26/h8-17H,3-7H2,1-2H3,(H3,23,25,26)/b24-16+. The molecule has 0 spiro atoms. The lowest BCUT2D eigenvalue weighted by molar-refractivity contribution is 0.249. The molecule has 5 heteroatoms. The molecule has 5 nitrogen and oxygen atoms in total. The van der Waals surface area contributed by atoms with Gasteiger partial charge in [0.15, 0.2) is 0 Å². The molecule has 0 radical (unpaired) electrons. The van der Waals surface area contributed by atoms with E-state index in [9.17, 15) is 4.79 Å². The van der Waals surface area contributed by atoms with E-state index >= 15 is 0 Å². The maximum Gasteiger partial charge on any atom is 0.332 e. The molecule has 0 bridgehead atoms. The number of hydrogen-bond donors (Lipinski definition) is 2. The topological polar surface area (TPSA) is 76.7 Å². The Morgan fingerprint density at radius 1 is 1.04 bits per heavy atom. The van der Waals surface area contributed by atoms with Crippen molar-refractivity contribution in [3.63, 3.8) is 0 Å². The smallest absolute Gasteiger partial charge is 0.332 e. The third-order valence-electron chi connectivity index (χ3n) is 4.17. The van der Waals surface area contributed by atoms with Crippen molar-refractivity contribution in [2.24, 2.45) is 16.8 Å². The average Bonchev–Trinajstić information content (AvgIpc) is 2.64. The number of urea groups is 1. The van der Waals surface area contributed by atoms with Crippen molar-refractivity contribution in [2.45, 2.75) is 46.0 Å². The Morgan fingerprint density at radius 3 is 2.26 bits per heavy atom. The van der Waals surface area contributed by atoms with E-state index in [1.165, 1.54) is 37.5 Å². The van der Waals surface area contributed by atoms with Crippen LogP contribution in [0.2, 0.25) is 0 Å². The second kappa shape index (κ2) is 11.0. The summed E-state index contributed by atoms with van der Waals surface area (Å²) in [5, 5.41) is 3.72. The molecule has 0 unspecified atom stereocenters. The Hall–Kier alpha value is -2.82. The predicted octanol–water partition coefficient (Wildman–Crippen LogP) is 5.24. The first-order chi connectivity index (χ1) is 13.0. The maximum absolute atomic E-state index is 10.6. The summed E-state index contributed by atoms with van der Waals surface area (Å²) in [7, 11) is 0. The maximum atomic E-state index is 10.6. The number of aryl methyl sites for hydroxylation is 1. The molecule has 2 aromatic carbocycles. The molecule has 2 amide bonds. The van der Waals surface area contributed by atoms with Gasteiger partial charge >= 0.3 is 6.03 Å². The van der Waals surface area contributed by atoms with Crippen LogP contribution in [0.4, 0.5) is 4.79 Å². The molecule has 0 aliphatic rings. The number of ether oxygens (including phenoxy) is 1. The molecular weight excluding hydrogens is 338 g/mol. The molecule has 0 saturated carbocycles. The second-order valence-electron chi connectivity index (χ2n) is 7.04. The highest BCUT2D eigenvalue weighted by atomic mass is 16.5. The van der Waals surface area contributed by atoms with Gasteiger partial charge in [-0.2, -0.15) is 5.10 Å². The molecule has 0 aliphatic heterocycles. The van der Waals surface area contributed by atoms with Crippen LogP contribution in [-0.2, 0) is 6.42 Å². The van der Waals surface area contributed by atoms with Crippen LogP contribution in [0.15, 0.2) is 53.6 Å². The monoisotopic (exact) mass is 367 g/mol. The fraction of sp³-hybridized carbons (Fsp3) is 0.364. The third kappa shape index (κ3) is 8.40. The molecule has 27 heavy (non-hydrogen) atoms. The van der Waals surface area contributed by atoms with E-state index in [0.717, 1.165) is 29.4 Å². The van der Waals surface area contributed by atoms with Crippen molar-refractivity contribution >= 4 is 12.2 Å². The van der Waals surface area contributed by atoms with Gasteiger partial charge in [-0.1, -0.05) is 45.2 Å². The van der Waals surface area contributed by atoms with Crippen LogP contribution in [0.25, 0.3) is 0 Å². The first-order valence-electron chi connectivity index (χ1n) is 9.48. The van der Waals surface area contributed by atoms with E-state index in [-0.39, 0.29) is 0 Å². The van der Waals surface area contributed by atoms with Gasteiger partial charge in [-0.05, 0) is 66.3 Å². The number of rotatable bonds is 10. The van der Waals surface area contributed by atoms with Gasteiger partial charge in [-0.25, -0.2) is 10.2 Å². The van der Waals surface area contributed by atoms with Crippen LogP contribution in [0.1, 0.15) is 50.7 Å². The number of primary amides is 1. The van der Waals surface area contributed by atoms with E-state index < -0.39 is 6.03 Å². The van der Waals surface area contributed by atoms with Gasteiger partial charge in [0.25, 0.3) is 0 Å². The van der Waals surface area contributed by atoms with Crippen molar-refractivity contribution in [3.8, 4) is 11.5 Å². The molecule has 0 saturated heterocycles.